The van der Waals surface area contributed by atoms with Gasteiger partial charge in [0, 0.05) is 43.5 Å². The molecule has 0 radical (unpaired) electrons. The molecule has 31 heavy (non-hydrogen) atoms. The van der Waals surface area contributed by atoms with Gasteiger partial charge in [0.05, 0.1) is 12.1 Å². The van der Waals surface area contributed by atoms with Crippen LogP contribution in [0, 0.1) is 6.92 Å². The zero-order chi connectivity index (χ0) is 23.7. The summed E-state index contributed by atoms with van der Waals surface area (Å²) in [4.78, 5) is 38.0. The van der Waals surface area contributed by atoms with Crippen molar-refractivity contribution in [3.63, 3.8) is 0 Å². The molecule has 2 rings (SSSR count). The average Bonchev–Trinajstić information content (AvgIpc) is 2.92. The second-order valence-corrected chi connectivity index (χ2v) is 16.0. The Morgan fingerprint density at radius 2 is 1.90 bits per heavy atom. The third-order valence-corrected chi connectivity index (χ3v) is 7.43. The van der Waals surface area contributed by atoms with Crippen LogP contribution in [0.25, 0.3) is 10.9 Å². The number of carbonyl (C=O) groups is 2. The molecular weight excluding hydrogens is 482 g/mol. The van der Waals surface area contributed by atoms with Gasteiger partial charge in [-0.1, -0.05) is 19.6 Å². The van der Waals surface area contributed by atoms with Crippen molar-refractivity contribution in [1.29, 1.82) is 0 Å². The van der Waals surface area contributed by atoms with Crippen molar-refractivity contribution in [2.45, 2.75) is 58.8 Å². The van der Waals surface area contributed by atoms with Gasteiger partial charge in [0.2, 0.25) is 0 Å². The average molecular weight is 514 g/mol. The Kier molecular flexibility index (Phi) is 7.73. The molecule has 172 valence electrons. The van der Waals surface area contributed by atoms with Crippen molar-refractivity contribution in [1.82, 2.24) is 14.5 Å². The Morgan fingerprint density at radius 3 is 2.45 bits per heavy atom. The lowest BCUT2D eigenvalue weighted by molar-refractivity contribution is -0.132. The van der Waals surface area contributed by atoms with Gasteiger partial charge in [-0.15, -0.1) is 0 Å². The molecule has 0 saturated carbocycles. The minimum absolute atomic E-state index is 0.147. The number of carbonyl (C=O) groups excluding carboxylic acids is 2. The number of nitrogens with zero attached hydrogens (tertiary/aromatic N) is 2. The Morgan fingerprint density at radius 1 is 1.29 bits per heavy atom. The molecule has 0 aromatic carbocycles. The quantitative estimate of drug-likeness (QED) is 0.396. The van der Waals surface area contributed by atoms with Crippen molar-refractivity contribution in [2.24, 2.45) is 7.05 Å². The Balaban J connectivity index is 2.46. The number of amides is 1. The van der Waals surface area contributed by atoms with Gasteiger partial charge in [0.1, 0.15) is 17.8 Å². The van der Waals surface area contributed by atoms with E-state index in [-0.39, 0.29) is 18.8 Å². The second kappa shape index (κ2) is 9.39. The fourth-order valence-electron chi connectivity index (χ4n) is 3.09. The number of ether oxygens (including phenoxy) is 1. The van der Waals surface area contributed by atoms with E-state index >= 15 is 0 Å². The Bertz CT molecular complexity index is 1060. The van der Waals surface area contributed by atoms with Gasteiger partial charge < -0.3 is 24.3 Å². The number of pyridine rings is 1. The van der Waals surface area contributed by atoms with E-state index in [1.807, 2.05) is 0 Å². The summed E-state index contributed by atoms with van der Waals surface area (Å²) < 4.78 is 9.62. The first-order chi connectivity index (χ1) is 14.1. The summed E-state index contributed by atoms with van der Waals surface area (Å²) >= 11 is 3.47. The summed E-state index contributed by atoms with van der Waals surface area (Å²) in [6, 6.07) is 0.985. The minimum Gasteiger partial charge on any atom is -0.383 e. The molecule has 0 unspecified atom stereocenters. The van der Waals surface area contributed by atoms with Crippen LogP contribution in [0.2, 0.25) is 25.7 Å². The molecule has 2 aromatic heterocycles. The van der Waals surface area contributed by atoms with Crippen LogP contribution in [0.4, 0.5) is 0 Å². The maximum absolute atomic E-state index is 13.0. The lowest BCUT2D eigenvalue weighted by Crippen LogP contribution is -2.40. The van der Waals surface area contributed by atoms with Crippen LogP contribution in [0.5, 0.6) is 0 Å². The van der Waals surface area contributed by atoms with E-state index in [4.69, 9.17) is 4.74 Å². The van der Waals surface area contributed by atoms with E-state index in [9.17, 15) is 19.5 Å². The molecule has 0 spiro atoms. The largest absolute Gasteiger partial charge is 0.383 e. The van der Waals surface area contributed by atoms with Gasteiger partial charge in [0.25, 0.3) is 11.5 Å². The van der Waals surface area contributed by atoms with Crippen molar-refractivity contribution >= 4 is 46.6 Å². The molecule has 10 heteroatoms. The first-order valence-electron chi connectivity index (χ1n) is 10.1. The molecule has 2 N–H and O–H groups in total. The van der Waals surface area contributed by atoms with Gasteiger partial charge in [-0.05, 0) is 42.7 Å². The number of fused-ring (bicyclic) bond motifs is 1. The SMILES string of the molecule is Cc1c(C(=O)NCC(=O)C(C)(C)O)c2c(Br)cn(C)c(=O)c2n1COCC[Si](C)(C)C. The summed E-state index contributed by atoms with van der Waals surface area (Å²) in [5.74, 6) is -0.998. The Labute approximate surface area is 191 Å². The van der Waals surface area contributed by atoms with Crippen molar-refractivity contribution in [3.05, 3.63) is 32.3 Å². The summed E-state index contributed by atoms with van der Waals surface area (Å²) in [6.45, 7) is 11.7. The van der Waals surface area contributed by atoms with Crippen LogP contribution in [0.1, 0.15) is 29.9 Å². The van der Waals surface area contributed by atoms with E-state index in [1.54, 1.807) is 24.7 Å². The molecular formula is C21H32BrN3O5Si. The molecule has 0 aliphatic heterocycles. The highest BCUT2D eigenvalue weighted by atomic mass is 79.9. The van der Waals surface area contributed by atoms with Crippen LogP contribution >= 0.6 is 15.9 Å². The van der Waals surface area contributed by atoms with Gasteiger partial charge >= 0.3 is 0 Å². The summed E-state index contributed by atoms with van der Waals surface area (Å²) in [6.07, 6.45) is 1.61. The number of aliphatic hydroxyl groups is 1. The molecule has 8 nitrogen and oxygen atoms in total. The number of aromatic nitrogens is 2. The van der Waals surface area contributed by atoms with Crippen molar-refractivity contribution in [3.8, 4) is 0 Å². The van der Waals surface area contributed by atoms with Crippen LogP contribution in [-0.4, -0.2) is 52.8 Å². The monoisotopic (exact) mass is 513 g/mol. The first-order valence-corrected chi connectivity index (χ1v) is 14.6. The number of hydrogen-bond acceptors (Lipinski definition) is 5. The van der Waals surface area contributed by atoms with E-state index < -0.39 is 25.4 Å². The molecule has 2 heterocycles. The number of ketones is 1. The molecule has 0 aliphatic carbocycles. The third kappa shape index (κ3) is 5.94. The summed E-state index contributed by atoms with van der Waals surface area (Å²) in [7, 11) is 0.381. The maximum atomic E-state index is 13.0. The zero-order valence-corrected chi connectivity index (χ0v) is 21.8. The molecule has 2 aromatic rings. The van der Waals surface area contributed by atoms with Crippen LogP contribution < -0.4 is 10.9 Å². The maximum Gasteiger partial charge on any atom is 0.274 e. The van der Waals surface area contributed by atoms with Gasteiger partial charge in [-0.3, -0.25) is 14.4 Å². The van der Waals surface area contributed by atoms with Gasteiger partial charge in [0.15, 0.2) is 5.78 Å². The fraction of sp³-hybridized carbons (Fsp3) is 0.571. The van der Waals surface area contributed by atoms with Crippen LogP contribution in [-0.2, 0) is 23.3 Å². The number of Topliss-reactive ketones (excluding diaryl/α,β-unsaturated/α-hetero) is 1. The van der Waals surface area contributed by atoms with Gasteiger partial charge in [-0.25, -0.2) is 0 Å². The standard InChI is InChI=1S/C21H32BrN3O5Si/c1-13-16(19(27)23-10-15(26)21(2,3)29)17-14(22)11-24(4)20(28)18(17)25(13)12-30-8-9-31(5,6)7/h11,29H,8-10,12H2,1-7H3,(H,23,27). The molecule has 0 saturated heterocycles. The predicted molar refractivity (Wildman–Crippen MR) is 127 cm³/mol. The number of nitrogens with one attached hydrogen (secondary N) is 1. The highest BCUT2D eigenvalue weighted by Crippen LogP contribution is 2.30. The van der Waals surface area contributed by atoms with E-state index in [0.717, 1.165) is 6.04 Å². The van der Waals surface area contributed by atoms with Crippen LogP contribution in [0.15, 0.2) is 15.5 Å². The lowest BCUT2D eigenvalue weighted by Gasteiger charge is -2.16. The minimum atomic E-state index is -1.54. The molecule has 1 amide bonds. The molecule has 0 aliphatic rings. The number of halogens is 1. The van der Waals surface area contributed by atoms with Crippen LogP contribution in [0.3, 0.4) is 0 Å². The summed E-state index contributed by atoms with van der Waals surface area (Å²) in [5, 5.41) is 12.9. The predicted octanol–water partition coefficient (Wildman–Crippen LogP) is 2.79. The topological polar surface area (TPSA) is 103 Å². The first kappa shape index (κ1) is 25.5. The van der Waals surface area contributed by atoms with Crippen molar-refractivity contribution in [2.75, 3.05) is 13.2 Å². The molecule has 0 atom stereocenters. The highest BCUT2D eigenvalue weighted by molar-refractivity contribution is 9.10. The number of hydrogen-bond donors (Lipinski definition) is 2. The lowest BCUT2D eigenvalue weighted by atomic mass is 10.0. The third-order valence-electron chi connectivity index (χ3n) is 5.13. The fourth-order valence-corrected chi connectivity index (χ4v) is 4.54. The van der Waals surface area contributed by atoms with E-state index in [1.165, 1.54) is 18.4 Å². The second-order valence-electron chi connectivity index (χ2n) is 9.52. The van der Waals surface area contributed by atoms with Gasteiger partial charge in [-0.2, -0.15) is 0 Å². The number of aryl methyl sites for hydroxylation is 1. The molecule has 0 fully saturated rings. The zero-order valence-electron chi connectivity index (χ0n) is 19.3. The highest BCUT2D eigenvalue weighted by Gasteiger charge is 2.27. The number of rotatable bonds is 9. The van der Waals surface area contributed by atoms with E-state index in [2.05, 4.69) is 40.9 Å². The van der Waals surface area contributed by atoms with E-state index in [0.29, 0.717) is 33.2 Å². The Hall–Kier alpha value is -1.75. The molecule has 0 bridgehead atoms. The summed E-state index contributed by atoms with van der Waals surface area (Å²) in [5.41, 5.74) is -0.558. The van der Waals surface area contributed by atoms with Crippen molar-refractivity contribution < 1.29 is 19.4 Å². The normalized spacial score (nSPS) is 12.4. The smallest absolute Gasteiger partial charge is 0.274 e.